The molecule has 4 rings (SSSR count). The van der Waals surface area contributed by atoms with Crippen LogP contribution in [0, 0.1) is 0 Å². The van der Waals surface area contributed by atoms with Crippen LogP contribution in [0.2, 0.25) is 0 Å². The first-order valence-corrected chi connectivity index (χ1v) is 13.6. The van der Waals surface area contributed by atoms with Gasteiger partial charge in [0.1, 0.15) is 17.8 Å². The van der Waals surface area contributed by atoms with E-state index in [4.69, 9.17) is 4.74 Å². The molecule has 1 amide bonds. The fourth-order valence-corrected chi connectivity index (χ4v) is 6.51. The largest absolute Gasteiger partial charge is 0.494 e. The molecule has 0 saturated carbocycles. The van der Waals surface area contributed by atoms with Gasteiger partial charge in [-0.2, -0.15) is 16.9 Å². The maximum atomic E-state index is 13.5. The van der Waals surface area contributed by atoms with Gasteiger partial charge >= 0.3 is 5.97 Å². The van der Waals surface area contributed by atoms with Crippen LogP contribution >= 0.6 is 12.6 Å². The SMILES string of the molecule is CCOc1ccc(CC(NC(=O)[C@@H]2C[C@H](S)CN2S(=O)(=O)c2ccc3ccccc3c2)C(=O)O)cc1. The van der Waals surface area contributed by atoms with E-state index in [1.807, 2.05) is 31.2 Å². The summed E-state index contributed by atoms with van der Waals surface area (Å²) in [6.45, 7) is 2.43. The smallest absolute Gasteiger partial charge is 0.326 e. The number of aliphatic carboxylic acids is 1. The molecule has 3 aromatic carbocycles. The van der Waals surface area contributed by atoms with Gasteiger partial charge in [0.2, 0.25) is 15.9 Å². The van der Waals surface area contributed by atoms with E-state index >= 15 is 0 Å². The molecule has 1 fully saturated rings. The Morgan fingerprint density at radius 1 is 1.11 bits per heavy atom. The van der Waals surface area contributed by atoms with Crippen molar-refractivity contribution >= 4 is 45.3 Å². The van der Waals surface area contributed by atoms with Crippen LogP contribution in [0.25, 0.3) is 10.8 Å². The van der Waals surface area contributed by atoms with E-state index < -0.39 is 34.0 Å². The van der Waals surface area contributed by atoms with Gasteiger partial charge in [-0.1, -0.05) is 42.5 Å². The van der Waals surface area contributed by atoms with E-state index in [0.29, 0.717) is 17.9 Å². The first-order valence-electron chi connectivity index (χ1n) is 11.6. The normalized spacial score (nSPS) is 19.2. The molecule has 0 aromatic heterocycles. The van der Waals surface area contributed by atoms with E-state index in [9.17, 15) is 23.1 Å². The summed E-state index contributed by atoms with van der Waals surface area (Å²) in [4.78, 5) is 25.2. The highest BCUT2D eigenvalue weighted by Gasteiger charge is 2.43. The van der Waals surface area contributed by atoms with Crippen molar-refractivity contribution in [3.05, 3.63) is 72.3 Å². The molecule has 1 unspecified atom stereocenters. The first-order chi connectivity index (χ1) is 17.2. The molecule has 1 aliphatic rings. The number of carbonyl (C=O) groups is 2. The van der Waals surface area contributed by atoms with Crippen LogP contribution in [0.15, 0.2) is 71.6 Å². The number of ether oxygens (including phenoxy) is 1. The second-order valence-corrected chi connectivity index (χ2v) is 11.3. The van der Waals surface area contributed by atoms with Gasteiger partial charge in [0, 0.05) is 18.2 Å². The van der Waals surface area contributed by atoms with Crippen LogP contribution in [-0.4, -0.2) is 60.2 Å². The number of fused-ring (bicyclic) bond motifs is 1. The molecule has 1 aliphatic heterocycles. The van der Waals surface area contributed by atoms with Gasteiger partial charge in [0.25, 0.3) is 0 Å². The summed E-state index contributed by atoms with van der Waals surface area (Å²) < 4.78 is 33.6. The number of carboxylic acids is 1. The van der Waals surface area contributed by atoms with E-state index in [1.54, 1.807) is 36.4 Å². The predicted molar refractivity (Wildman–Crippen MR) is 140 cm³/mol. The number of hydrogen-bond donors (Lipinski definition) is 3. The Bertz CT molecular complexity index is 1360. The molecule has 3 atom stereocenters. The van der Waals surface area contributed by atoms with Crippen molar-refractivity contribution in [2.75, 3.05) is 13.2 Å². The molecule has 1 heterocycles. The minimum absolute atomic E-state index is 0.0436. The predicted octanol–water partition coefficient (Wildman–Crippen LogP) is 3.11. The van der Waals surface area contributed by atoms with Crippen LogP contribution in [0.4, 0.5) is 0 Å². The number of amides is 1. The van der Waals surface area contributed by atoms with Crippen LogP contribution in [-0.2, 0) is 26.0 Å². The molecule has 36 heavy (non-hydrogen) atoms. The molecule has 190 valence electrons. The average molecular weight is 529 g/mol. The Hall–Kier alpha value is -3.08. The third-order valence-electron chi connectivity index (χ3n) is 6.15. The van der Waals surface area contributed by atoms with Crippen LogP contribution < -0.4 is 10.1 Å². The maximum Gasteiger partial charge on any atom is 0.326 e. The van der Waals surface area contributed by atoms with Gasteiger partial charge in [-0.15, -0.1) is 0 Å². The Labute approximate surface area is 215 Å². The van der Waals surface area contributed by atoms with Crippen molar-refractivity contribution < 1.29 is 27.9 Å². The quantitative estimate of drug-likeness (QED) is 0.368. The number of hydrogen-bond acceptors (Lipinski definition) is 6. The summed E-state index contributed by atoms with van der Waals surface area (Å²) in [6, 6.07) is 16.9. The maximum absolute atomic E-state index is 13.5. The first kappa shape index (κ1) is 26.0. The Morgan fingerprint density at radius 3 is 2.47 bits per heavy atom. The minimum atomic E-state index is -4.02. The summed E-state index contributed by atoms with van der Waals surface area (Å²) >= 11 is 4.43. The standard InChI is InChI=1S/C26H28N2O6S2/c1-2-34-20-10-7-17(8-11-20)13-23(26(30)31)27-25(29)24-15-21(35)16-28(24)36(32,33)22-12-9-18-5-3-4-6-19(18)14-22/h3-12,14,21,23-24,35H,2,13,15-16H2,1H3,(H,27,29)(H,30,31)/t21-,23?,24-/m0/s1. The second-order valence-electron chi connectivity index (χ2n) is 8.67. The van der Waals surface area contributed by atoms with Crippen LogP contribution in [0.5, 0.6) is 5.75 Å². The summed E-state index contributed by atoms with van der Waals surface area (Å²) in [7, 11) is -4.02. The van der Waals surface area contributed by atoms with Crippen molar-refractivity contribution in [2.24, 2.45) is 0 Å². The monoisotopic (exact) mass is 528 g/mol. The lowest BCUT2D eigenvalue weighted by atomic mass is 10.1. The zero-order valence-corrected chi connectivity index (χ0v) is 21.4. The fourth-order valence-electron chi connectivity index (χ4n) is 4.34. The molecular weight excluding hydrogens is 500 g/mol. The van der Waals surface area contributed by atoms with Crippen LogP contribution in [0.1, 0.15) is 18.9 Å². The van der Waals surface area contributed by atoms with Crippen molar-refractivity contribution in [3.63, 3.8) is 0 Å². The number of thiol groups is 1. The van der Waals surface area contributed by atoms with Gasteiger partial charge in [-0.25, -0.2) is 13.2 Å². The Kier molecular flexibility index (Phi) is 7.87. The molecule has 0 aliphatic carbocycles. The lowest BCUT2D eigenvalue weighted by molar-refractivity contribution is -0.142. The molecule has 0 spiro atoms. The number of nitrogens with one attached hydrogen (secondary N) is 1. The molecule has 8 nitrogen and oxygen atoms in total. The summed E-state index contributed by atoms with van der Waals surface area (Å²) in [5.74, 6) is -1.20. The van der Waals surface area contributed by atoms with E-state index in [1.165, 1.54) is 6.07 Å². The highest BCUT2D eigenvalue weighted by Crippen LogP contribution is 2.30. The third kappa shape index (κ3) is 5.66. The van der Waals surface area contributed by atoms with Crippen molar-refractivity contribution in [1.29, 1.82) is 0 Å². The summed E-state index contributed by atoms with van der Waals surface area (Å²) in [5, 5.41) is 13.6. The number of sulfonamides is 1. The number of carboxylic acid groups (broad SMARTS) is 1. The lowest BCUT2D eigenvalue weighted by Crippen LogP contribution is -2.51. The molecule has 1 saturated heterocycles. The molecule has 0 bridgehead atoms. The van der Waals surface area contributed by atoms with Crippen molar-refractivity contribution in [3.8, 4) is 5.75 Å². The zero-order valence-electron chi connectivity index (χ0n) is 19.7. The van der Waals surface area contributed by atoms with E-state index in [-0.39, 0.29) is 29.5 Å². The highest BCUT2D eigenvalue weighted by molar-refractivity contribution is 7.89. The van der Waals surface area contributed by atoms with Gasteiger partial charge in [0.05, 0.1) is 11.5 Å². The Balaban J connectivity index is 1.53. The molecule has 0 radical (unpaired) electrons. The van der Waals surface area contributed by atoms with Gasteiger partial charge in [-0.3, -0.25) is 4.79 Å². The molecule has 2 N–H and O–H groups in total. The topological polar surface area (TPSA) is 113 Å². The zero-order chi connectivity index (χ0) is 25.9. The highest BCUT2D eigenvalue weighted by atomic mass is 32.2. The van der Waals surface area contributed by atoms with E-state index in [0.717, 1.165) is 15.1 Å². The van der Waals surface area contributed by atoms with Gasteiger partial charge in [0.15, 0.2) is 0 Å². The Morgan fingerprint density at radius 2 is 1.81 bits per heavy atom. The molecule has 3 aromatic rings. The summed E-state index contributed by atoms with van der Waals surface area (Å²) in [6.07, 6.45) is 0.221. The number of rotatable bonds is 9. The average Bonchev–Trinajstić information content (AvgIpc) is 3.27. The number of nitrogens with zero attached hydrogens (tertiary/aromatic N) is 1. The third-order valence-corrected chi connectivity index (χ3v) is 8.40. The minimum Gasteiger partial charge on any atom is -0.494 e. The van der Waals surface area contributed by atoms with Crippen LogP contribution in [0.3, 0.4) is 0 Å². The molecule has 10 heteroatoms. The lowest BCUT2D eigenvalue weighted by Gasteiger charge is -2.25. The van der Waals surface area contributed by atoms with Gasteiger partial charge < -0.3 is 15.2 Å². The summed E-state index contributed by atoms with van der Waals surface area (Å²) in [5.41, 5.74) is 0.699. The molecular formula is C26H28N2O6S2. The number of benzene rings is 3. The van der Waals surface area contributed by atoms with Crippen molar-refractivity contribution in [1.82, 2.24) is 9.62 Å². The van der Waals surface area contributed by atoms with E-state index in [2.05, 4.69) is 17.9 Å². The second kappa shape index (κ2) is 10.9. The van der Waals surface area contributed by atoms with Crippen molar-refractivity contribution in [2.45, 2.75) is 42.0 Å². The fraction of sp³-hybridized carbons (Fsp3) is 0.308. The number of carbonyl (C=O) groups excluding carboxylic acids is 1. The van der Waals surface area contributed by atoms with Gasteiger partial charge in [-0.05, 0) is 53.9 Å².